The van der Waals surface area contributed by atoms with Gasteiger partial charge in [-0.05, 0) is 15.5 Å². The number of benzene rings is 1. The summed E-state index contributed by atoms with van der Waals surface area (Å²) in [6, 6.07) is 10.4. The van der Waals surface area contributed by atoms with Gasteiger partial charge in [0.25, 0.3) is 0 Å². The Bertz CT molecular complexity index is 483. The van der Waals surface area contributed by atoms with Crippen LogP contribution in [0, 0.1) is 0 Å². The van der Waals surface area contributed by atoms with E-state index in [2.05, 4.69) is 89.3 Å². The Morgan fingerprint density at radius 2 is 1.22 bits per heavy atom. The Hall–Kier alpha value is -0.372. The molecule has 0 bridgehead atoms. The fourth-order valence-corrected chi connectivity index (χ4v) is 36.2. The highest BCUT2D eigenvalue weighted by Gasteiger charge is 2.61. The minimum Gasteiger partial charge on any atom is -0.547 e. The Kier molecular flexibility index (Phi) is 6.52. The Balaban J connectivity index is 3.06. The Morgan fingerprint density at radius 1 is 0.783 bits per heavy atom. The molecule has 0 atom stereocenters. The monoisotopic (exact) mass is 378 g/mol. The summed E-state index contributed by atoms with van der Waals surface area (Å²) in [5.74, 6) is 0. The van der Waals surface area contributed by atoms with Gasteiger partial charge < -0.3 is 4.43 Å². The van der Waals surface area contributed by atoms with Crippen LogP contribution in [0.4, 0.5) is 0 Å². The molecule has 0 saturated heterocycles. The molecule has 1 rings (SSSR count). The lowest BCUT2D eigenvalue weighted by molar-refractivity contribution is 0.514. The van der Waals surface area contributed by atoms with Gasteiger partial charge in [0.15, 0.2) is 0 Å². The molecular weight excluding hydrogens is 345 g/mol. The molecule has 0 aliphatic heterocycles. The van der Waals surface area contributed by atoms with E-state index in [9.17, 15) is 0 Å². The highest BCUT2D eigenvalue weighted by molar-refractivity contribution is 7.22. The summed E-state index contributed by atoms with van der Waals surface area (Å²) < 4.78 is 6.71. The molecule has 0 spiro atoms. The zero-order valence-electron chi connectivity index (χ0n) is 16.4. The van der Waals surface area contributed by atoms with Crippen molar-refractivity contribution in [3.05, 3.63) is 42.2 Å². The molecule has 0 fully saturated rings. The summed E-state index contributed by atoms with van der Waals surface area (Å²) >= 11 is 0. The first-order valence-corrected chi connectivity index (χ1v) is 19.9. The van der Waals surface area contributed by atoms with E-state index in [4.69, 9.17) is 4.43 Å². The molecule has 1 aromatic rings. The average molecular weight is 379 g/mol. The lowest BCUT2D eigenvalue weighted by atomic mass is 10.2. The van der Waals surface area contributed by atoms with Crippen LogP contribution in [0.5, 0.6) is 0 Å². The van der Waals surface area contributed by atoms with Crippen molar-refractivity contribution in [1.29, 1.82) is 0 Å². The molecular formula is C18H34OSi4. The molecule has 0 aliphatic rings. The van der Waals surface area contributed by atoms with Gasteiger partial charge in [0, 0.05) is 24.2 Å². The van der Waals surface area contributed by atoms with Gasteiger partial charge in [-0.3, -0.25) is 0 Å². The molecule has 5 heteroatoms. The van der Waals surface area contributed by atoms with Gasteiger partial charge in [0.1, 0.15) is 0 Å². The van der Waals surface area contributed by atoms with Crippen molar-refractivity contribution in [2.24, 2.45) is 0 Å². The van der Waals surface area contributed by atoms with Crippen molar-refractivity contribution in [2.75, 3.05) is 0 Å². The fraction of sp³-hybridized carbons (Fsp3) is 0.556. The maximum absolute atomic E-state index is 6.23. The van der Waals surface area contributed by atoms with Crippen LogP contribution in [0.2, 0.25) is 62.8 Å². The molecule has 23 heavy (non-hydrogen) atoms. The number of hydrogen-bond donors (Lipinski definition) is 0. The standard InChI is InChI=1S/C18H34OSi4/c1-21(2,3)18(22(4,5)6,23(7,8)9)20-19-16-15-17-13-11-10-12-14-17/h10-16H,1-9H3/b16-15+. The van der Waals surface area contributed by atoms with Crippen LogP contribution < -0.4 is 0 Å². The summed E-state index contributed by atoms with van der Waals surface area (Å²) in [7, 11) is -3.48. The van der Waals surface area contributed by atoms with Crippen LogP contribution in [0.1, 0.15) is 5.56 Å². The first-order chi connectivity index (χ1) is 10.3. The molecule has 0 aromatic heterocycles. The third-order valence-electron chi connectivity index (χ3n) is 4.72. The van der Waals surface area contributed by atoms with E-state index in [1.807, 2.05) is 12.3 Å². The van der Waals surface area contributed by atoms with E-state index in [0.717, 1.165) is 0 Å². The quantitative estimate of drug-likeness (QED) is 0.412. The first kappa shape index (κ1) is 20.7. The second-order valence-corrected chi connectivity index (χ2v) is 29.4. The van der Waals surface area contributed by atoms with Gasteiger partial charge in [-0.2, -0.15) is 0 Å². The minimum absolute atomic E-state index is 0.480. The van der Waals surface area contributed by atoms with Crippen LogP contribution in [0.3, 0.4) is 0 Å². The van der Waals surface area contributed by atoms with Crippen molar-refractivity contribution in [1.82, 2.24) is 0 Å². The lowest BCUT2D eigenvalue weighted by Crippen LogP contribution is -2.68. The maximum Gasteiger partial charge on any atom is 0.307 e. The van der Waals surface area contributed by atoms with E-state index >= 15 is 0 Å². The highest BCUT2D eigenvalue weighted by atomic mass is 28.5. The molecule has 0 aliphatic carbocycles. The van der Waals surface area contributed by atoms with Crippen LogP contribution in [-0.4, -0.2) is 34.0 Å². The van der Waals surface area contributed by atoms with Crippen molar-refractivity contribution in [2.45, 2.75) is 62.8 Å². The predicted molar refractivity (Wildman–Crippen MR) is 115 cm³/mol. The van der Waals surface area contributed by atoms with E-state index in [1.165, 1.54) is 5.56 Å². The van der Waals surface area contributed by atoms with E-state index in [1.54, 1.807) is 0 Å². The van der Waals surface area contributed by atoms with Crippen LogP contribution in [0.15, 0.2) is 36.6 Å². The van der Waals surface area contributed by atoms with Gasteiger partial charge >= 0.3 is 9.76 Å². The smallest absolute Gasteiger partial charge is 0.307 e. The van der Waals surface area contributed by atoms with Gasteiger partial charge in [-0.15, -0.1) is 0 Å². The van der Waals surface area contributed by atoms with Crippen molar-refractivity contribution in [3.63, 3.8) is 0 Å². The second kappa shape index (κ2) is 7.25. The van der Waals surface area contributed by atoms with Crippen molar-refractivity contribution < 1.29 is 4.43 Å². The zero-order chi connectivity index (χ0) is 17.9. The van der Waals surface area contributed by atoms with Crippen molar-refractivity contribution >= 4 is 40.1 Å². The summed E-state index contributed by atoms with van der Waals surface area (Å²) in [5.41, 5.74) is 1.21. The molecule has 0 unspecified atom stereocenters. The fourth-order valence-electron chi connectivity index (χ4n) is 4.63. The van der Waals surface area contributed by atoms with Gasteiger partial charge in [-0.25, -0.2) is 0 Å². The number of hydrogen-bond acceptors (Lipinski definition) is 1. The Labute approximate surface area is 149 Å². The van der Waals surface area contributed by atoms with E-state index in [-0.39, 0.29) is 0 Å². The molecule has 0 N–H and O–H groups in total. The third-order valence-corrected chi connectivity index (χ3v) is 33.2. The summed E-state index contributed by atoms with van der Waals surface area (Å²) in [6.07, 6.45) is 4.03. The van der Waals surface area contributed by atoms with Crippen LogP contribution >= 0.6 is 0 Å². The molecule has 0 amide bonds. The summed E-state index contributed by atoms with van der Waals surface area (Å²) in [5, 5.41) is 0. The van der Waals surface area contributed by atoms with Gasteiger partial charge in [0.05, 0.1) is 6.26 Å². The van der Waals surface area contributed by atoms with E-state index in [0.29, 0.717) is 13.7 Å². The minimum atomic E-state index is -1.36. The highest BCUT2D eigenvalue weighted by Crippen LogP contribution is 2.52. The number of rotatable bonds is 7. The Morgan fingerprint density at radius 3 is 1.61 bits per heavy atom. The van der Waals surface area contributed by atoms with Crippen LogP contribution in [-0.2, 0) is 4.43 Å². The summed E-state index contributed by atoms with van der Waals surface area (Å²) in [6.45, 7) is 23.0. The topological polar surface area (TPSA) is 9.23 Å². The first-order valence-electron chi connectivity index (χ1n) is 8.47. The largest absolute Gasteiger partial charge is 0.547 e. The predicted octanol–water partition coefficient (Wildman–Crippen LogP) is 6.08. The van der Waals surface area contributed by atoms with Gasteiger partial charge in [-0.1, -0.05) is 89.3 Å². The molecule has 2 radical (unpaired) electrons. The molecule has 1 aromatic carbocycles. The van der Waals surface area contributed by atoms with Crippen molar-refractivity contribution in [3.8, 4) is 0 Å². The lowest BCUT2D eigenvalue weighted by Gasteiger charge is -2.57. The van der Waals surface area contributed by atoms with Gasteiger partial charge in [0.2, 0.25) is 0 Å². The SMILES string of the molecule is C[Si](C)(C)C([Si]O/C=C/c1ccccc1)([Si](C)(C)C)[Si](C)(C)C. The second-order valence-electron chi connectivity index (χ2n) is 9.43. The summed E-state index contributed by atoms with van der Waals surface area (Å²) in [4.78, 5) is 0. The average Bonchev–Trinajstić information content (AvgIpc) is 2.35. The van der Waals surface area contributed by atoms with Crippen LogP contribution in [0.25, 0.3) is 6.08 Å². The molecule has 1 nitrogen and oxygen atoms in total. The molecule has 128 valence electrons. The third kappa shape index (κ3) is 4.59. The maximum atomic E-state index is 6.23. The normalized spacial score (nSPS) is 14.3. The molecule has 0 saturated carbocycles. The zero-order valence-corrected chi connectivity index (χ0v) is 20.4. The van der Waals surface area contributed by atoms with E-state index < -0.39 is 24.2 Å². The molecule has 0 heterocycles.